The Labute approximate surface area is 91.6 Å². The highest BCUT2D eigenvalue weighted by molar-refractivity contribution is 7.89. The number of sulfonamides is 1. The zero-order valence-electron chi connectivity index (χ0n) is 8.93. The van der Waals surface area contributed by atoms with Gasteiger partial charge in [-0.3, -0.25) is 0 Å². The summed E-state index contributed by atoms with van der Waals surface area (Å²) in [6, 6.07) is 0. The summed E-state index contributed by atoms with van der Waals surface area (Å²) in [7, 11) is -3.15. The van der Waals surface area contributed by atoms with E-state index >= 15 is 0 Å². The molecule has 1 fully saturated rings. The second-order valence-electron chi connectivity index (χ2n) is 3.95. The van der Waals surface area contributed by atoms with E-state index in [0.29, 0.717) is 25.4 Å². The lowest BCUT2D eigenvalue weighted by Gasteiger charge is -2.31. The Hall–Kier alpha value is -0.390. The Morgan fingerprint density at radius 1 is 1.53 bits per heavy atom. The summed E-state index contributed by atoms with van der Waals surface area (Å²) in [5.41, 5.74) is 0. The molecule has 1 N–H and O–H groups in total. The lowest BCUT2D eigenvalue weighted by Crippen LogP contribution is -2.41. The maximum Gasteiger partial charge on any atom is 0.217 e. The predicted molar refractivity (Wildman–Crippen MR) is 60.0 cm³/mol. The number of aliphatic hydroxyl groups is 1. The van der Waals surface area contributed by atoms with Crippen LogP contribution in [-0.4, -0.2) is 43.3 Å². The molecule has 1 heterocycles. The molecule has 1 unspecified atom stereocenters. The third-order valence-corrected chi connectivity index (χ3v) is 4.52. The first-order valence-electron chi connectivity index (χ1n) is 5.29. The number of aliphatic hydroxyl groups excluding tert-OH is 1. The summed E-state index contributed by atoms with van der Waals surface area (Å²) < 4.78 is 25.0. The van der Waals surface area contributed by atoms with Gasteiger partial charge in [0, 0.05) is 19.7 Å². The molecule has 0 radical (unpaired) electrons. The molecule has 0 spiro atoms. The summed E-state index contributed by atoms with van der Waals surface area (Å²) >= 11 is 0. The van der Waals surface area contributed by atoms with Gasteiger partial charge in [0.1, 0.15) is 0 Å². The molecule has 15 heavy (non-hydrogen) atoms. The molecule has 1 saturated heterocycles. The summed E-state index contributed by atoms with van der Waals surface area (Å²) in [6.45, 7) is 4.75. The van der Waals surface area contributed by atoms with Crippen molar-refractivity contribution in [3.63, 3.8) is 0 Å². The molecule has 88 valence electrons. The fourth-order valence-electron chi connectivity index (χ4n) is 1.95. The van der Waals surface area contributed by atoms with Crippen LogP contribution in [0, 0.1) is 5.92 Å². The van der Waals surface area contributed by atoms with Crippen molar-refractivity contribution in [2.45, 2.75) is 19.3 Å². The monoisotopic (exact) mass is 233 g/mol. The second-order valence-corrected chi connectivity index (χ2v) is 5.96. The molecule has 0 saturated carbocycles. The van der Waals surface area contributed by atoms with Crippen molar-refractivity contribution in [3.05, 3.63) is 12.7 Å². The smallest absolute Gasteiger partial charge is 0.217 e. The lowest BCUT2D eigenvalue weighted by molar-refractivity contribution is 0.203. The third-order valence-electron chi connectivity index (χ3n) is 2.74. The van der Waals surface area contributed by atoms with Crippen molar-refractivity contribution in [2.75, 3.05) is 25.4 Å². The van der Waals surface area contributed by atoms with Gasteiger partial charge in [-0.1, -0.05) is 6.08 Å². The van der Waals surface area contributed by atoms with Gasteiger partial charge in [0.15, 0.2) is 0 Å². The number of hydrogen-bond acceptors (Lipinski definition) is 3. The van der Waals surface area contributed by atoms with Crippen LogP contribution in [-0.2, 0) is 10.0 Å². The van der Waals surface area contributed by atoms with Crippen LogP contribution < -0.4 is 0 Å². The highest BCUT2D eigenvalue weighted by atomic mass is 32.2. The molecule has 0 aromatic rings. The third kappa shape index (κ3) is 3.59. The van der Waals surface area contributed by atoms with Crippen molar-refractivity contribution in [2.24, 2.45) is 5.92 Å². The van der Waals surface area contributed by atoms with Gasteiger partial charge in [-0.25, -0.2) is 12.7 Å². The van der Waals surface area contributed by atoms with Crippen LogP contribution in [0.2, 0.25) is 0 Å². The van der Waals surface area contributed by atoms with E-state index in [0.717, 1.165) is 12.8 Å². The highest BCUT2D eigenvalue weighted by Crippen LogP contribution is 2.21. The zero-order chi connectivity index (χ0) is 11.3. The fraction of sp³-hybridized carbons (Fsp3) is 0.800. The van der Waals surface area contributed by atoms with E-state index in [9.17, 15) is 8.42 Å². The van der Waals surface area contributed by atoms with Crippen molar-refractivity contribution >= 4 is 10.0 Å². The molecule has 1 aliphatic heterocycles. The van der Waals surface area contributed by atoms with Crippen molar-refractivity contribution in [3.8, 4) is 0 Å². The largest absolute Gasteiger partial charge is 0.396 e. The van der Waals surface area contributed by atoms with Crippen LogP contribution in [0.5, 0.6) is 0 Å². The lowest BCUT2D eigenvalue weighted by atomic mass is 9.97. The van der Waals surface area contributed by atoms with Gasteiger partial charge in [-0.2, -0.15) is 0 Å². The highest BCUT2D eigenvalue weighted by Gasteiger charge is 2.27. The molecule has 4 nitrogen and oxygen atoms in total. The second kappa shape index (κ2) is 5.63. The molecule has 0 aliphatic carbocycles. The minimum absolute atomic E-state index is 0.0127. The maximum absolute atomic E-state index is 11.7. The van der Waals surface area contributed by atoms with Gasteiger partial charge in [-0.05, 0) is 25.2 Å². The molecule has 0 bridgehead atoms. The summed E-state index contributed by atoms with van der Waals surface area (Å²) in [6.07, 6.45) is 4.02. The Balaban J connectivity index is 2.59. The molecule has 0 amide bonds. The molecule has 1 aliphatic rings. The first kappa shape index (κ1) is 12.7. The van der Waals surface area contributed by atoms with Crippen molar-refractivity contribution in [1.29, 1.82) is 0 Å². The standard InChI is InChI=1S/C10H19NO3S/c1-2-8-15(13,14)11-6-3-4-10(9-11)5-7-12/h2,10,12H,1,3-9H2. The SMILES string of the molecule is C=CCS(=O)(=O)N1CCCC(CCO)C1. The van der Waals surface area contributed by atoms with E-state index in [1.807, 2.05) is 0 Å². The van der Waals surface area contributed by atoms with Gasteiger partial charge in [0.2, 0.25) is 10.0 Å². The van der Waals surface area contributed by atoms with E-state index in [4.69, 9.17) is 5.11 Å². The van der Waals surface area contributed by atoms with E-state index in [-0.39, 0.29) is 12.4 Å². The number of rotatable bonds is 5. The number of piperidine rings is 1. The Morgan fingerprint density at radius 2 is 2.27 bits per heavy atom. The van der Waals surface area contributed by atoms with E-state index in [1.54, 1.807) is 0 Å². The molecular formula is C10H19NO3S. The molecule has 0 aromatic carbocycles. The van der Waals surface area contributed by atoms with Crippen molar-refractivity contribution in [1.82, 2.24) is 4.31 Å². The van der Waals surface area contributed by atoms with Crippen molar-refractivity contribution < 1.29 is 13.5 Å². The average molecular weight is 233 g/mol. The van der Waals surface area contributed by atoms with Gasteiger partial charge < -0.3 is 5.11 Å². The van der Waals surface area contributed by atoms with E-state index in [2.05, 4.69) is 6.58 Å². The fourth-order valence-corrected chi connectivity index (χ4v) is 3.31. The van der Waals surface area contributed by atoms with E-state index < -0.39 is 10.0 Å². The quantitative estimate of drug-likeness (QED) is 0.707. The maximum atomic E-state index is 11.7. The van der Waals surface area contributed by atoms with Crippen LogP contribution in [0.3, 0.4) is 0 Å². The summed E-state index contributed by atoms with van der Waals surface area (Å²) in [5, 5.41) is 8.83. The van der Waals surface area contributed by atoms with Crippen LogP contribution in [0.15, 0.2) is 12.7 Å². The normalized spacial score (nSPS) is 23.9. The zero-order valence-corrected chi connectivity index (χ0v) is 9.75. The predicted octanol–water partition coefficient (Wildman–Crippen LogP) is 0.597. The van der Waals surface area contributed by atoms with Gasteiger partial charge in [0.25, 0.3) is 0 Å². The minimum atomic E-state index is -3.15. The average Bonchev–Trinajstić information content (AvgIpc) is 2.19. The first-order chi connectivity index (χ1) is 7.10. The Morgan fingerprint density at radius 3 is 2.87 bits per heavy atom. The van der Waals surface area contributed by atoms with E-state index in [1.165, 1.54) is 10.4 Å². The van der Waals surface area contributed by atoms with Gasteiger partial charge in [-0.15, -0.1) is 6.58 Å². The first-order valence-corrected chi connectivity index (χ1v) is 6.90. The summed E-state index contributed by atoms with van der Waals surface area (Å²) in [4.78, 5) is 0. The van der Waals surface area contributed by atoms with Gasteiger partial charge in [0.05, 0.1) is 5.75 Å². The number of nitrogens with zero attached hydrogens (tertiary/aromatic N) is 1. The van der Waals surface area contributed by atoms with Crippen LogP contribution in [0.4, 0.5) is 0 Å². The van der Waals surface area contributed by atoms with Crippen LogP contribution in [0.1, 0.15) is 19.3 Å². The molecule has 5 heteroatoms. The summed E-state index contributed by atoms with van der Waals surface area (Å²) in [5.74, 6) is 0.321. The molecular weight excluding hydrogens is 214 g/mol. The Bertz CT molecular complexity index is 298. The molecule has 1 atom stereocenters. The van der Waals surface area contributed by atoms with Crippen LogP contribution in [0.25, 0.3) is 0 Å². The Kier molecular flexibility index (Phi) is 4.76. The van der Waals surface area contributed by atoms with Crippen LogP contribution >= 0.6 is 0 Å². The minimum Gasteiger partial charge on any atom is -0.396 e. The topological polar surface area (TPSA) is 57.6 Å². The van der Waals surface area contributed by atoms with Gasteiger partial charge >= 0.3 is 0 Å². The number of hydrogen-bond donors (Lipinski definition) is 1. The molecule has 1 rings (SSSR count). The molecule has 0 aromatic heterocycles.